The summed E-state index contributed by atoms with van der Waals surface area (Å²) >= 11 is -1.81. The SMILES string of the molecule is COc1cnccc1-c1ncnc(Nc2cccc(CCS(=O)O)c2)n1. The van der Waals surface area contributed by atoms with Gasteiger partial charge in [-0.1, -0.05) is 12.1 Å². The number of methoxy groups -OCH3 is 1. The molecule has 0 fully saturated rings. The molecular weight excluding hydrogens is 354 g/mol. The summed E-state index contributed by atoms with van der Waals surface area (Å²) in [5.41, 5.74) is 2.44. The summed E-state index contributed by atoms with van der Waals surface area (Å²) in [7, 11) is 1.56. The number of aryl methyl sites for hydroxylation is 1. The number of nitrogens with one attached hydrogen (secondary N) is 1. The molecule has 0 aliphatic rings. The number of hydrogen-bond acceptors (Lipinski definition) is 7. The van der Waals surface area contributed by atoms with Gasteiger partial charge in [-0.05, 0) is 30.2 Å². The molecule has 0 bridgehead atoms. The summed E-state index contributed by atoms with van der Waals surface area (Å²) in [5.74, 6) is 1.62. The van der Waals surface area contributed by atoms with Crippen molar-refractivity contribution in [2.45, 2.75) is 6.42 Å². The zero-order valence-electron chi connectivity index (χ0n) is 14.0. The molecule has 134 valence electrons. The van der Waals surface area contributed by atoms with Crippen molar-refractivity contribution >= 4 is 22.7 Å². The topological polar surface area (TPSA) is 110 Å². The summed E-state index contributed by atoms with van der Waals surface area (Å²) < 4.78 is 25.0. The van der Waals surface area contributed by atoms with Crippen LogP contribution in [-0.2, 0) is 17.5 Å². The summed E-state index contributed by atoms with van der Waals surface area (Å²) in [5, 5.41) is 3.12. The molecule has 0 spiro atoms. The van der Waals surface area contributed by atoms with Gasteiger partial charge in [0.15, 0.2) is 16.9 Å². The van der Waals surface area contributed by atoms with Gasteiger partial charge in [-0.25, -0.2) is 14.2 Å². The second kappa shape index (κ2) is 8.45. The lowest BCUT2D eigenvalue weighted by Gasteiger charge is -2.09. The largest absolute Gasteiger partial charge is 0.494 e. The zero-order chi connectivity index (χ0) is 18.4. The molecule has 26 heavy (non-hydrogen) atoms. The van der Waals surface area contributed by atoms with Crippen LogP contribution in [0, 0.1) is 0 Å². The quantitative estimate of drug-likeness (QED) is 0.610. The number of hydrogen-bond donors (Lipinski definition) is 2. The van der Waals surface area contributed by atoms with Crippen molar-refractivity contribution in [3.63, 3.8) is 0 Å². The number of benzene rings is 1. The van der Waals surface area contributed by atoms with E-state index in [1.54, 1.807) is 25.6 Å². The zero-order valence-corrected chi connectivity index (χ0v) is 14.8. The first-order valence-corrected chi connectivity index (χ1v) is 9.04. The molecule has 8 nitrogen and oxygen atoms in total. The Bertz CT molecular complexity index is 922. The Morgan fingerprint density at radius 3 is 2.96 bits per heavy atom. The van der Waals surface area contributed by atoms with E-state index in [9.17, 15) is 4.21 Å². The van der Waals surface area contributed by atoms with Crippen LogP contribution in [0.3, 0.4) is 0 Å². The highest BCUT2D eigenvalue weighted by atomic mass is 32.2. The minimum Gasteiger partial charge on any atom is -0.494 e. The predicted octanol–water partition coefficient (Wildman–Crippen LogP) is 2.45. The number of pyridine rings is 1. The fourth-order valence-electron chi connectivity index (χ4n) is 2.35. The maximum atomic E-state index is 10.8. The van der Waals surface area contributed by atoms with Gasteiger partial charge in [0.2, 0.25) is 5.95 Å². The lowest BCUT2D eigenvalue weighted by Crippen LogP contribution is -2.02. The third-order valence-electron chi connectivity index (χ3n) is 3.57. The number of anilines is 2. The summed E-state index contributed by atoms with van der Waals surface area (Å²) in [6.45, 7) is 0. The van der Waals surface area contributed by atoms with Crippen LogP contribution in [0.15, 0.2) is 49.1 Å². The molecule has 9 heteroatoms. The Labute approximate surface area is 153 Å². The monoisotopic (exact) mass is 371 g/mol. The molecule has 0 saturated carbocycles. The smallest absolute Gasteiger partial charge is 0.230 e. The first-order valence-electron chi connectivity index (χ1n) is 7.76. The fourth-order valence-corrected chi connectivity index (χ4v) is 2.76. The average Bonchev–Trinajstić information content (AvgIpc) is 2.67. The van der Waals surface area contributed by atoms with E-state index in [1.165, 1.54) is 6.33 Å². The van der Waals surface area contributed by atoms with Gasteiger partial charge in [0.1, 0.15) is 12.1 Å². The number of ether oxygens (including phenoxy) is 1. The normalized spacial score (nSPS) is 11.8. The van der Waals surface area contributed by atoms with Crippen LogP contribution in [0.1, 0.15) is 5.56 Å². The molecule has 1 atom stereocenters. The van der Waals surface area contributed by atoms with Gasteiger partial charge in [-0.15, -0.1) is 0 Å². The maximum absolute atomic E-state index is 10.8. The third kappa shape index (κ3) is 4.58. The Morgan fingerprint density at radius 1 is 1.27 bits per heavy atom. The van der Waals surface area contributed by atoms with Crippen LogP contribution >= 0.6 is 0 Å². The van der Waals surface area contributed by atoms with Crippen LogP contribution in [0.5, 0.6) is 5.75 Å². The van der Waals surface area contributed by atoms with Gasteiger partial charge < -0.3 is 14.6 Å². The molecule has 1 aromatic carbocycles. The maximum Gasteiger partial charge on any atom is 0.230 e. The molecule has 3 rings (SSSR count). The Kier molecular flexibility index (Phi) is 5.82. The first kappa shape index (κ1) is 17.9. The van der Waals surface area contributed by atoms with E-state index in [2.05, 4.69) is 25.3 Å². The van der Waals surface area contributed by atoms with E-state index in [0.717, 1.165) is 11.3 Å². The Balaban J connectivity index is 1.81. The lowest BCUT2D eigenvalue weighted by molar-refractivity contribution is 0.414. The minimum atomic E-state index is -1.81. The van der Waals surface area contributed by atoms with E-state index in [-0.39, 0.29) is 5.75 Å². The van der Waals surface area contributed by atoms with Gasteiger partial charge in [0, 0.05) is 11.9 Å². The van der Waals surface area contributed by atoms with Crippen LogP contribution in [0.25, 0.3) is 11.4 Å². The lowest BCUT2D eigenvalue weighted by atomic mass is 10.1. The van der Waals surface area contributed by atoms with E-state index in [1.807, 2.05) is 24.3 Å². The van der Waals surface area contributed by atoms with Crippen LogP contribution < -0.4 is 10.1 Å². The van der Waals surface area contributed by atoms with Crippen molar-refractivity contribution in [3.8, 4) is 17.1 Å². The fraction of sp³-hybridized carbons (Fsp3) is 0.176. The number of aromatic nitrogens is 4. The number of nitrogens with zero attached hydrogens (tertiary/aromatic N) is 4. The Morgan fingerprint density at radius 2 is 2.15 bits per heavy atom. The van der Waals surface area contributed by atoms with Crippen LogP contribution in [-0.4, -0.2) is 41.6 Å². The second-order valence-corrected chi connectivity index (χ2v) is 6.36. The third-order valence-corrected chi connectivity index (χ3v) is 4.12. The molecule has 3 aromatic rings. The molecule has 1 unspecified atom stereocenters. The van der Waals surface area contributed by atoms with Gasteiger partial charge >= 0.3 is 0 Å². The van der Waals surface area contributed by atoms with Gasteiger partial charge in [0.05, 0.1) is 24.6 Å². The van der Waals surface area contributed by atoms with Crippen LogP contribution in [0.2, 0.25) is 0 Å². The van der Waals surface area contributed by atoms with Gasteiger partial charge in [-0.2, -0.15) is 4.98 Å². The highest BCUT2D eigenvalue weighted by molar-refractivity contribution is 7.79. The van der Waals surface area contributed by atoms with Gasteiger partial charge in [-0.3, -0.25) is 4.98 Å². The molecular formula is C17H17N5O3S. The second-order valence-electron chi connectivity index (χ2n) is 5.31. The van der Waals surface area contributed by atoms with Crippen molar-refractivity contribution in [2.24, 2.45) is 0 Å². The minimum absolute atomic E-state index is 0.196. The number of rotatable bonds is 7. The molecule has 0 radical (unpaired) electrons. The predicted molar refractivity (Wildman–Crippen MR) is 98.7 cm³/mol. The average molecular weight is 371 g/mol. The highest BCUT2D eigenvalue weighted by Crippen LogP contribution is 2.26. The molecule has 2 aromatic heterocycles. The molecule has 0 aliphatic heterocycles. The Hall–Kier alpha value is -2.91. The van der Waals surface area contributed by atoms with Crippen molar-refractivity contribution in [2.75, 3.05) is 18.2 Å². The standard InChI is InChI=1S/C17H17N5O3S/c1-25-15-10-18-7-5-14(15)16-19-11-20-17(22-16)21-13-4-2-3-12(9-13)6-8-26(23)24/h2-5,7,9-11H,6,8H2,1H3,(H,23,24)(H,19,20,21,22). The molecule has 2 N–H and O–H groups in total. The van der Waals surface area contributed by atoms with E-state index in [0.29, 0.717) is 29.5 Å². The summed E-state index contributed by atoms with van der Waals surface area (Å²) in [4.78, 5) is 16.8. The van der Waals surface area contributed by atoms with Crippen molar-refractivity contribution < 1.29 is 13.5 Å². The van der Waals surface area contributed by atoms with Crippen molar-refractivity contribution in [3.05, 3.63) is 54.6 Å². The molecule has 2 heterocycles. The first-order chi connectivity index (χ1) is 12.7. The summed E-state index contributed by atoms with van der Waals surface area (Å²) in [6.07, 6.45) is 5.17. The van der Waals surface area contributed by atoms with Crippen molar-refractivity contribution in [1.82, 2.24) is 19.9 Å². The molecule has 0 saturated heterocycles. The van der Waals surface area contributed by atoms with E-state index in [4.69, 9.17) is 9.29 Å². The van der Waals surface area contributed by atoms with E-state index < -0.39 is 11.1 Å². The highest BCUT2D eigenvalue weighted by Gasteiger charge is 2.10. The molecule has 0 aliphatic carbocycles. The summed E-state index contributed by atoms with van der Waals surface area (Å²) in [6, 6.07) is 9.30. The van der Waals surface area contributed by atoms with Crippen molar-refractivity contribution in [1.29, 1.82) is 0 Å². The van der Waals surface area contributed by atoms with Gasteiger partial charge in [0.25, 0.3) is 0 Å². The molecule has 0 amide bonds. The van der Waals surface area contributed by atoms with E-state index >= 15 is 0 Å². The van der Waals surface area contributed by atoms with Crippen LogP contribution in [0.4, 0.5) is 11.6 Å².